The lowest BCUT2D eigenvalue weighted by molar-refractivity contribution is -0.388. The maximum absolute atomic E-state index is 11.9. The van der Waals surface area contributed by atoms with Gasteiger partial charge in [-0.2, -0.15) is 0 Å². The van der Waals surface area contributed by atoms with E-state index in [2.05, 4.69) is 0 Å². The summed E-state index contributed by atoms with van der Waals surface area (Å²) in [6.07, 6.45) is 0.387. The molecule has 9 heteroatoms. The van der Waals surface area contributed by atoms with Gasteiger partial charge in [0.15, 0.2) is 16.4 Å². The first-order valence-corrected chi connectivity index (χ1v) is 7.75. The number of rotatable bonds is 6. The van der Waals surface area contributed by atoms with E-state index in [1.54, 1.807) is 13.8 Å². The quantitative estimate of drug-likeness (QED) is 0.624. The second kappa shape index (κ2) is 6.27. The minimum Gasteiger partial charge on any atom is -0.493 e. The summed E-state index contributed by atoms with van der Waals surface area (Å²) >= 11 is 0. The Kier molecular flexibility index (Phi) is 5.13. The van der Waals surface area contributed by atoms with Gasteiger partial charge in [-0.25, -0.2) is 13.6 Å². The topological polar surface area (TPSA) is 122 Å². The Hall–Kier alpha value is -1.87. The van der Waals surface area contributed by atoms with E-state index in [0.717, 1.165) is 0 Å². The second-order valence-corrected chi connectivity index (χ2v) is 5.71. The number of nitrogens with zero attached hydrogens (tertiary/aromatic N) is 1. The summed E-state index contributed by atoms with van der Waals surface area (Å²) in [4.78, 5) is 10.1. The molecular weight excluding hydrogens is 300 g/mol. The molecule has 0 atom stereocenters. The van der Waals surface area contributed by atoms with Crippen molar-refractivity contribution in [2.24, 2.45) is 5.14 Å². The SMILES string of the molecule is CCc1c(OC)c(OC)c(CC)c(S(N)(=O)=O)c1[N+](=O)[O-]. The van der Waals surface area contributed by atoms with Crippen molar-refractivity contribution >= 4 is 15.7 Å². The summed E-state index contributed by atoms with van der Waals surface area (Å²) in [5, 5.41) is 16.6. The zero-order chi connectivity index (χ0) is 16.4. The molecule has 0 aliphatic carbocycles. The molecule has 1 aromatic carbocycles. The number of primary sulfonamides is 1. The first-order valence-electron chi connectivity index (χ1n) is 6.21. The largest absolute Gasteiger partial charge is 0.493 e. The van der Waals surface area contributed by atoms with E-state index in [1.807, 2.05) is 0 Å². The number of methoxy groups -OCH3 is 2. The lowest BCUT2D eigenvalue weighted by Gasteiger charge is -2.18. The molecule has 0 saturated carbocycles. The van der Waals surface area contributed by atoms with Crippen LogP contribution in [0.25, 0.3) is 0 Å². The molecule has 1 rings (SSSR count). The highest BCUT2D eigenvalue weighted by molar-refractivity contribution is 7.89. The maximum Gasteiger partial charge on any atom is 0.296 e. The Morgan fingerprint density at radius 3 is 1.81 bits per heavy atom. The van der Waals surface area contributed by atoms with Gasteiger partial charge in [-0.05, 0) is 12.8 Å². The first-order chi connectivity index (χ1) is 9.74. The van der Waals surface area contributed by atoms with Crippen molar-refractivity contribution in [1.82, 2.24) is 0 Å². The smallest absolute Gasteiger partial charge is 0.296 e. The van der Waals surface area contributed by atoms with Crippen LogP contribution >= 0.6 is 0 Å². The van der Waals surface area contributed by atoms with Gasteiger partial charge >= 0.3 is 0 Å². The number of sulfonamides is 1. The molecule has 2 N–H and O–H groups in total. The number of nitro groups is 1. The van der Waals surface area contributed by atoms with Gasteiger partial charge in [0.25, 0.3) is 5.69 Å². The van der Waals surface area contributed by atoms with Crippen LogP contribution in [0.4, 0.5) is 5.69 Å². The molecule has 0 aromatic heterocycles. The third-order valence-corrected chi connectivity index (χ3v) is 4.12. The molecule has 0 bridgehead atoms. The van der Waals surface area contributed by atoms with Crippen LogP contribution in [0.2, 0.25) is 0 Å². The molecule has 8 nitrogen and oxygen atoms in total. The van der Waals surface area contributed by atoms with E-state index in [1.165, 1.54) is 14.2 Å². The molecule has 0 heterocycles. The third-order valence-electron chi connectivity index (χ3n) is 3.11. The lowest BCUT2D eigenvalue weighted by atomic mass is 10.0. The standard InChI is InChI=1S/C12H18N2O6S/c1-5-7-9(14(15)16)12(21(13,17)18)8(6-2)11(20-4)10(7)19-3/h5-6H2,1-4H3,(H2,13,17,18). The number of hydrogen-bond donors (Lipinski definition) is 1. The van der Waals surface area contributed by atoms with Gasteiger partial charge in [-0.15, -0.1) is 0 Å². The van der Waals surface area contributed by atoms with Crippen LogP contribution in [0.15, 0.2) is 4.90 Å². The van der Waals surface area contributed by atoms with Crippen LogP contribution in [0, 0.1) is 10.1 Å². The molecule has 0 amide bonds. The molecule has 0 saturated heterocycles. The average Bonchev–Trinajstić information content (AvgIpc) is 2.42. The van der Waals surface area contributed by atoms with E-state index in [4.69, 9.17) is 14.6 Å². The second-order valence-electron chi connectivity index (χ2n) is 4.21. The molecule has 0 aliphatic rings. The molecule has 1 aromatic rings. The predicted octanol–water partition coefficient (Wildman–Crippen LogP) is 1.38. The highest BCUT2D eigenvalue weighted by Gasteiger charge is 2.35. The molecule has 0 spiro atoms. The maximum atomic E-state index is 11.9. The Bertz CT molecular complexity index is 669. The zero-order valence-electron chi connectivity index (χ0n) is 12.3. The summed E-state index contributed by atoms with van der Waals surface area (Å²) in [6.45, 7) is 3.31. The van der Waals surface area contributed by atoms with Crippen molar-refractivity contribution in [2.45, 2.75) is 31.6 Å². The lowest BCUT2D eigenvalue weighted by Crippen LogP contribution is -2.19. The monoisotopic (exact) mass is 318 g/mol. The van der Waals surface area contributed by atoms with Crippen LogP contribution in [0.1, 0.15) is 25.0 Å². The first kappa shape index (κ1) is 17.2. The number of benzene rings is 1. The Balaban J connectivity index is 4.14. The van der Waals surface area contributed by atoms with Crippen molar-refractivity contribution in [3.63, 3.8) is 0 Å². The molecule has 0 radical (unpaired) electrons. The predicted molar refractivity (Wildman–Crippen MR) is 76.3 cm³/mol. The van der Waals surface area contributed by atoms with Crippen molar-refractivity contribution < 1.29 is 22.8 Å². The van der Waals surface area contributed by atoms with Crippen LogP contribution < -0.4 is 14.6 Å². The van der Waals surface area contributed by atoms with Gasteiger partial charge in [-0.3, -0.25) is 10.1 Å². The van der Waals surface area contributed by atoms with Gasteiger partial charge in [0, 0.05) is 5.56 Å². The average molecular weight is 318 g/mol. The van der Waals surface area contributed by atoms with Gasteiger partial charge in [-0.1, -0.05) is 13.8 Å². The van der Waals surface area contributed by atoms with E-state index >= 15 is 0 Å². The highest BCUT2D eigenvalue weighted by Crippen LogP contribution is 2.45. The fraction of sp³-hybridized carbons (Fsp3) is 0.500. The third kappa shape index (κ3) is 2.93. The van der Waals surface area contributed by atoms with Crippen molar-refractivity contribution in [2.75, 3.05) is 14.2 Å². The highest BCUT2D eigenvalue weighted by atomic mass is 32.2. The van der Waals surface area contributed by atoms with Gasteiger partial charge in [0.05, 0.1) is 24.7 Å². The molecule has 0 aliphatic heterocycles. The summed E-state index contributed by atoms with van der Waals surface area (Å²) in [5.41, 5.74) is -0.268. The van der Waals surface area contributed by atoms with Crippen molar-refractivity contribution in [3.8, 4) is 11.5 Å². The van der Waals surface area contributed by atoms with Crippen LogP contribution in [-0.4, -0.2) is 27.6 Å². The summed E-state index contributed by atoms with van der Waals surface area (Å²) in [5.74, 6) is 0.322. The van der Waals surface area contributed by atoms with E-state index in [0.29, 0.717) is 0 Å². The van der Waals surface area contributed by atoms with Crippen LogP contribution in [-0.2, 0) is 22.9 Å². The zero-order valence-corrected chi connectivity index (χ0v) is 13.1. The number of nitro benzene ring substituents is 1. The van der Waals surface area contributed by atoms with Crippen LogP contribution in [0.3, 0.4) is 0 Å². The van der Waals surface area contributed by atoms with Gasteiger partial charge < -0.3 is 9.47 Å². The number of nitrogens with two attached hydrogens (primary N) is 1. The fourth-order valence-corrected chi connectivity index (χ4v) is 3.39. The van der Waals surface area contributed by atoms with Crippen LogP contribution in [0.5, 0.6) is 11.5 Å². The normalized spacial score (nSPS) is 11.3. The van der Waals surface area contributed by atoms with E-state index in [-0.39, 0.29) is 35.5 Å². The van der Waals surface area contributed by atoms with Gasteiger partial charge in [0.1, 0.15) is 0 Å². The fourth-order valence-electron chi connectivity index (χ4n) is 2.35. The Labute approximate surface area is 123 Å². The van der Waals surface area contributed by atoms with E-state index < -0.39 is 25.5 Å². The molecule has 0 unspecified atom stereocenters. The van der Waals surface area contributed by atoms with Crippen molar-refractivity contribution in [3.05, 3.63) is 21.2 Å². The number of hydrogen-bond acceptors (Lipinski definition) is 6. The molecular formula is C12H18N2O6S. The minimum absolute atomic E-state index is 0.139. The van der Waals surface area contributed by atoms with Gasteiger partial charge in [0.2, 0.25) is 10.0 Å². The molecule has 0 fully saturated rings. The molecule has 21 heavy (non-hydrogen) atoms. The number of ether oxygens (including phenoxy) is 2. The van der Waals surface area contributed by atoms with Crippen molar-refractivity contribution in [1.29, 1.82) is 0 Å². The Morgan fingerprint density at radius 1 is 1.10 bits per heavy atom. The molecule has 118 valence electrons. The Morgan fingerprint density at radius 2 is 1.52 bits per heavy atom. The summed E-state index contributed by atoms with van der Waals surface area (Å²) in [6, 6.07) is 0. The minimum atomic E-state index is -4.29. The van der Waals surface area contributed by atoms with E-state index in [9.17, 15) is 18.5 Å². The summed E-state index contributed by atoms with van der Waals surface area (Å²) in [7, 11) is -1.60. The summed E-state index contributed by atoms with van der Waals surface area (Å²) < 4.78 is 34.1.